The van der Waals surface area contributed by atoms with Crippen LogP contribution in [0.5, 0.6) is 0 Å². The standard InChI is InChI=1S/C12H14BrF2NO4S/c1-3-6(2)10(12(17)18)16-21(19,20)11-8(13)4-7(14)5-9(11)15/h4-6,10,16H,3H2,1-2H3,(H,17,18). The van der Waals surface area contributed by atoms with Crippen molar-refractivity contribution in [3.63, 3.8) is 0 Å². The SMILES string of the molecule is CCC(C)C(NS(=O)(=O)c1c(F)cc(F)cc1Br)C(=O)O. The molecule has 2 unspecified atom stereocenters. The molecule has 0 fully saturated rings. The van der Waals surface area contributed by atoms with E-state index in [2.05, 4.69) is 15.9 Å². The van der Waals surface area contributed by atoms with Crippen LogP contribution in [0.25, 0.3) is 0 Å². The monoisotopic (exact) mass is 385 g/mol. The van der Waals surface area contributed by atoms with E-state index in [1.54, 1.807) is 13.8 Å². The van der Waals surface area contributed by atoms with E-state index >= 15 is 0 Å². The van der Waals surface area contributed by atoms with Gasteiger partial charge in [-0.15, -0.1) is 0 Å². The number of aliphatic carboxylic acids is 1. The maximum absolute atomic E-state index is 13.7. The Balaban J connectivity index is 3.26. The molecule has 0 heterocycles. The third-order valence-electron chi connectivity index (χ3n) is 2.99. The molecule has 2 N–H and O–H groups in total. The second kappa shape index (κ2) is 6.80. The lowest BCUT2D eigenvalue weighted by molar-refractivity contribution is -0.140. The van der Waals surface area contributed by atoms with Crippen molar-refractivity contribution >= 4 is 31.9 Å². The summed E-state index contributed by atoms with van der Waals surface area (Å²) < 4.78 is 52.6. The maximum Gasteiger partial charge on any atom is 0.322 e. The molecule has 0 aliphatic carbocycles. The largest absolute Gasteiger partial charge is 0.480 e. The normalized spacial score (nSPS) is 14.7. The van der Waals surface area contributed by atoms with Gasteiger partial charge in [0.2, 0.25) is 10.0 Å². The quantitative estimate of drug-likeness (QED) is 0.787. The minimum atomic E-state index is -4.46. The molecule has 5 nitrogen and oxygen atoms in total. The predicted molar refractivity (Wildman–Crippen MR) is 75.3 cm³/mol. The fourth-order valence-corrected chi connectivity index (χ4v) is 4.12. The van der Waals surface area contributed by atoms with Gasteiger partial charge in [0, 0.05) is 10.5 Å². The van der Waals surface area contributed by atoms with Crippen molar-refractivity contribution in [2.24, 2.45) is 5.92 Å². The van der Waals surface area contributed by atoms with Crippen LogP contribution >= 0.6 is 15.9 Å². The Morgan fingerprint density at radius 2 is 2.00 bits per heavy atom. The van der Waals surface area contributed by atoms with Gasteiger partial charge in [-0.05, 0) is 27.9 Å². The van der Waals surface area contributed by atoms with Crippen LogP contribution in [0.1, 0.15) is 20.3 Å². The summed E-state index contributed by atoms with van der Waals surface area (Å²) in [7, 11) is -4.46. The fourth-order valence-electron chi connectivity index (χ4n) is 1.66. The highest BCUT2D eigenvalue weighted by Gasteiger charge is 2.32. The van der Waals surface area contributed by atoms with Crippen LogP contribution in [-0.2, 0) is 14.8 Å². The van der Waals surface area contributed by atoms with Crippen LogP contribution in [0.4, 0.5) is 8.78 Å². The number of sulfonamides is 1. The van der Waals surface area contributed by atoms with Gasteiger partial charge in [-0.3, -0.25) is 4.79 Å². The molecule has 0 amide bonds. The van der Waals surface area contributed by atoms with Gasteiger partial charge in [0.15, 0.2) is 0 Å². The van der Waals surface area contributed by atoms with E-state index < -0.39 is 44.5 Å². The Labute approximate surface area is 129 Å². The first-order valence-electron chi connectivity index (χ1n) is 5.99. The van der Waals surface area contributed by atoms with Gasteiger partial charge >= 0.3 is 5.97 Å². The molecule has 0 aliphatic heterocycles. The molecular formula is C12H14BrF2NO4S. The lowest BCUT2D eigenvalue weighted by atomic mass is 10.0. The van der Waals surface area contributed by atoms with Crippen LogP contribution in [0.15, 0.2) is 21.5 Å². The third-order valence-corrected chi connectivity index (χ3v) is 5.40. The minimum Gasteiger partial charge on any atom is -0.480 e. The average Bonchev–Trinajstić information content (AvgIpc) is 2.33. The van der Waals surface area contributed by atoms with Crippen LogP contribution in [0, 0.1) is 17.6 Å². The molecule has 1 aromatic carbocycles. The molecule has 0 spiro atoms. The summed E-state index contributed by atoms with van der Waals surface area (Å²) in [6, 6.07) is -0.203. The van der Waals surface area contributed by atoms with E-state index in [-0.39, 0.29) is 4.47 Å². The molecule has 9 heteroatoms. The summed E-state index contributed by atoms with van der Waals surface area (Å²) in [6.07, 6.45) is 0.409. The first-order valence-corrected chi connectivity index (χ1v) is 8.27. The van der Waals surface area contributed by atoms with Gasteiger partial charge in [0.1, 0.15) is 22.6 Å². The second-order valence-corrected chi connectivity index (χ2v) is 7.03. The lowest BCUT2D eigenvalue weighted by Crippen LogP contribution is -2.45. The topological polar surface area (TPSA) is 83.5 Å². The highest BCUT2D eigenvalue weighted by atomic mass is 79.9. The summed E-state index contributed by atoms with van der Waals surface area (Å²) in [5.74, 6) is -4.12. The second-order valence-electron chi connectivity index (χ2n) is 4.52. The Bertz CT molecular complexity index is 628. The number of nitrogens with one attached hydrogen (secondary N) is 1. The average molecular weight is 386 g/mol. The number of carboxylic acids is 1. The zero-order chi connectivity index (χ0) is 16.4. The number of carboxylic acid groups (broad SMARTS) is 1. The Morgan fingerprint density at radius 3 is 2.43 bits per heavy atom. The molecule has 118 valence electrons. The molecule has 0 aliphatic rings. The number of carbonyl (C=O) groups is 1. The Hall–Kier alpha value is -1.06. The molecule has 0 bridgehead atoms. The smallest absolute Gasteiger partial charge is 0.322 e. The molecule has 1 aromatic rings. The first kappa shape index (κ1) is 18.0. The third kappa shape index (κ3) is 4.21. The zero-order valence-corrected chi connectivity index (χ0v) is 13.6. The van der Waals surface area contributed by atoms with Crippen LogP contribution < -0.4 is 4.72 Å². The van der Waals surface area contributed by atoms with E-state index in [0.29, 0.717) is 12.5 Å². The van der Waals surface area contributed by atoms with Crippen molar-refractivity contribution in [2.75, 3.05) is 0 Å². The molecular weight excluding hydrogens is 372 g/mol. The molecule has 21 heavy (non-hydrogen) atoms. The summed E-state index contributed by atoms with van der Waals surface area (Å²) in [4.78, 5) is 10.3. The summed E-state index contributed by atoms with van der Waals surface area (Å²) in [6.45, 7) is 3.25. The van der Waals surface area contributed by atoms with Crippen LogP contribution in [0.2, 0.25) is 0 Å². The fraction of sp³-hybridized carbons (Fsp3) is 0.417. The van der Waals surface area contributed by atoms with Crippen molar-refractivity contribution in [1.29, 1.82) is 0 Å². The Kier molecular flexibility index (Phi) is 5.83. The molecule has 2 atom stereocenters. The number of halogens is 3. The lowest BCUT2D eigenvalue weighted by Gasteiger charge is -2.20. The van der Waals surface area contributed by atoms with Gasteiger partial charge in [-0.1, -0.05) is 20.3 Å². The summed E-state index contributed by atoms with van der Waals surface area (Å²) in [5.41, 5.74) is 0. The highest BCUT2D eigenvalue weighted by molar-refractivity contribution is 9.10. The van der Waals surface area contributed by atoms with Crippen molar-refractivity contribution in [3.05, 3.63) is 28.2 Å². The molecule has 0 saturated heterocycles. The maximum atomic E-state index is 13.7. The van der Waals surface area contributed by atoms with E-state index in [0.717, 1.165) is 6.07 Å². The summed E-state index contributed by atoms with van der Waals surface area (Å²) in [5, 5.41) is 9.08. The van der Waals surface area contributed by atoms with E-state index in [1.165, 1.54) is 0 Å². The molecule has 0 radical (unpaired) electrons. The van der Waals surface area contributed by atoms with Gasteiger partial charge in [-0.25, -0.2) is 17.2 Å². The van der Waals surface area contributed by atoms with Gasteiger partial charge < -0.3 is 5.11 Å². The molecule has 0 saturated carbocycles. The van der Waals surface area contributed by atoms with E-state index in [9.17, 15) is 22.0 Å². The van der Waals surface area contributed by atoms with Crippen molar-refractivity contribution in [1.82, 2.24) is 4.72 Å². The molecule has 1 rings (SSSR count). The van der Waals surface area contributed by atoms with E-state index in [4.69, 9.17) is 5.11 Å². The Morgan fingerprint density at radius 1 is 1.43 bits per heavy atom. The summed E-state index contributed by atoms with van der Waals surface area (Å²) >= 11 is 2.77. The highest BCUT2D eigenvalue weighted by Crippen LogP contribution is 2.27. The number of benzene rings is 1. The van der Waals surface area contributed by atoms with Crippen molar-refractivity contribution in [2.45, 2.75) is 31.2 Å². The van der Waals surface area contributed by atoms with Gasteiger partial charge in [-0.2, -0.15) is 4.72 Å². The predicted octanol–water partition coefficient (Wildman–Crippen LogP) is 2.50. The van der Waals surface area contributed by atoms with Gasteiger partial charge in [0.25, 0.3) is 0 Å². The van der Waals surface area contributed by atoms with Crippen LogP contribution in [0.3, 0.4) is 0 Å². The number of hydrogen-bond donors (Lipinski definition) is 2. The number of hydrogen-bond acceptors (Lipinski definition) is 3. The first-order chi connectivity index (χ1) is 9.60. The molecule has 0 aromatic heterocycles. The van der Waals surface area contributed by atoms with Crippen LogP contribution in [-0.4, -0.2) is 25.5 Å². The zero-order valence-electron chi connectivity index (χ0n) is 11.2. The van der Waals surface area contributed by atoms with Crippen molar-refractivity contribution < 1.29 is 27.1 Å². The van der Waals surface area contributed by atoms with Crippen molar-refractivity contribution in [3.8, 4) is 0 Å². The number of rotatable bonds is 6. The minimum absolute atomic E-state index is 0.319. The van der Waals surface area contributed by atoms with Gasteiger partial charge in [0.05, 0.1) is 0 Å². The van der Waals surface area contributed by atoms with E-state index in [1.807, 2.05) is 4.72 Å².